The van der Waals surface area contributed by atoms with Gasteiger partial charge in [0, 0.05) is 0 Å². The maximum Gasteiger partial charge on any atom is 0.314 e. The fraction of sp³-hybridized carbons (Fsp3) is 0.818. The van der Waals surface area contributed by atoms with Crippen molar-refractivity contribution in [3.05, 3.63) is 0 Å². The minimum atomic E-state index is -0.362. The van der Waals surface area contributed by atoms with Crippen LogP contribution in [0.5, 0.6) is 0 Å². The molecule has 2 aliphatic heterocycles. The standard InChI is InChI=1S/C11H16O4/c1-3-4-5-7-9-8(11(13)14-7)6(2)10(12)15-9/h6-9H,3-5H2,1-2H3/t6-,7-,8+,9+/m0/s1. The van der Waals surface area contributed by atoms with Crippen molar-refractivity contribution in [2.24, 2.45) is 11.8 Å². The van der Waals surface area contributed by atoms with Gasteiger partial charge in [-0.3, -0.25) is 9.59 Å². The third-order valence-electron chi connectivity index (χ3n) is 3.26. The van der Waals surface area contributed by atoms with E-state index in [-0.39, 0.29) is 36.0 Å². The Balaban J connectivity index is 2.07. The molecule has 0 aliphatic carbocycles. The molecule has 84 valence electrons. The van der Waals surface area contributed by atoms with Crippen LogP contribution in [-0.4, -0.2) is 24.1 Å². The van der Waals surface area contributed by atoms with Gasteiger partial charge in [0.25, 0.3) is 0 Å². The molecule has 4 nitrogen and oxygen atoms in total. The zero-order valence-corrected chi connectivity index (χ0v) is 9.06. The zero-order valence-electron chi connectivity index (χ0n) is 9.06. The summed E-state index contributed by atoms with van der Waals surface area (Å²) in [5.74, 6) is -1.23. The first-order valence-corrected chi connectivity index (χ1v) is 5.56. The summed E-state index contributed by atoms with van der Waals surface area (Å²) in [4.78, 5) is 22.9. The van der Waals surface area contributed by atoms with E-state index < -0.39 is 0 Å². The van der Waals surface area contributed by atoms with Gasteiger partial charge in [0.05, 0.1) is 5.92 Å². The Hall–Kier alpha value is -1.06. The highest BCUT2D eigenvalue weighted by atomic mass is 16.6. The molecule has 0 unspecified atom stereocenters. The van der Waals surface area contributed by atoms with Crippen LogP contribution in [0.1, 0.15) is 33.1 Å². The molecule has 15 heavy (non-hydrogen) atoms. The minimum absolute atomic E-state index is 0.212. The molecule has 2 fully saturated rings. The summed E-state index contributed by atoms with van der Waals surface area (Å²) < 4.78 is 10.4. The van der Waals surface area contributed by atoms with Gasteiger partial charge in [-0.2, -0.15) is 0 Å². The fourth-order valence-corrected chi connectivity index (χ4v) is 2.31. The molecule has 0 spiro atoms. The average Bonchev–Trinajstić information content (AvgIpc) is 2.65. The second-order valence-corrected chi connectivity index (χ2v) is 4.33. The van der Waals surface area contributed by atoms with Crippen molar-refractivity contribution < 1.29 is 19.1 Å². The molecule has 0 amide bonds. The number of carbonyl (C=O) groups excluding carboxylic acids is 2. The highest BCUT2D eigenvalue weighted by Gasteiger charge is 2.56. The highest BCUT2D eigenvalue weighted by Crippen LogP contribution is 2.38. The van der Waals surface area contributed by atoms with Gasteiger partial charge in [0.2, 0.25) is 0 Å². The Bertz CT molecular complexity index is 286. The predicted molar refractivity (Wildman–Crippen MR) is 51.9 cm³/mol. The van der Waals surface area contributed by atoms with Crippen LogP contribution in [0.15, 0.2) is 0 Å². The Morgan fingerprint density at radius 3 is 2.60 bits per heavy atom. The van der Waals surface area contributed by atoms with Gasteiger partial charge in [-0.15, -0.1) is 0 Å². The number of fused-ring (bicyclic) bond motifs is 1. The zero-order chi connectivity index (χ0) is 11.0. The number of hydrogen-bond acceptors (Lipinski definition) is 4. The molecule has 4 heteroatoms. The summed E-state index contributed by atoms with van der Waals surface area (Å²) in [5, 5.41) is 0. The van der Waals surface area contributed by atoms with Crippen LogP contribution in [0, 0.1) is 11.8 Å². The summed E-state index contributed by atoms with van der Waals surface area (Å²) in [5.41, 5.74) is 0. The first-order valence-electron chi connectivity index (χ1n) is 5.56. The Morgan fingerprint density at radius 1 is 1.20 bits per heavy atom. The normalized spacial score (nSPS) is 38.8. The number of cyclic esters (lactones) is 1. The molecule has 0 aromatic rings. The minimum Gasteiger partial charge on any atom is -0.458 e. The largest absolute Gasteiger partial charge is 0.458 e. The fourth-order valence-electron chi connectivity index (χ4n) is 2.31. The molecule has 2 saturated heterocycles. The van der Waals surface area contributed by atoms with Crippen molar-refractivity contribution in [1.29, 1.82) is 0 Å². The lowest BCUT2D eigenvalue weighted by molar-refractivity contribution is -0.155. The summed E-state index contributed by atoms with van der Waals surface area (Å²) in [6.07, 6.45) is 2.30. The van der Waals surface area contributed by atoms with Crippen molar-refractivity contribution >= 4 is 11.9 Å². The number of hydrogen-bond donors (Lipinski definition) is 0. The van der Waals surface area contributed by atoms with Crippen LogP contribution in [0.4, 0.5) is 0 Å². The predicted octanol–water partition coefficient (Wildman–Crippen LogP) is 1.28. The van der Waals surface area contributed by atoms with Crippen molar-refractivity contribution in [2.45, 2.75) is 45.3 Å². The van der Waals surface area contributed by atoms with E-state index in [2.05, 4.69) is 6.92 Å². The summed E-state index contributed by atoms with van der Waals surface area (Å²) in [6.45, 7) is 3.81. The number of rotatable bonds is 3. The summed E-state index contributed by atoms with van der Waals surface area (Å²) in [6, 6.07) is 0. The van der Waals surface area contributed by atoms with Crippen molar-refractivity contribution in [1.82, 2.24) is 0 Å². The molecule has 4 atom stereocenters. The third-order valence-corrected chi connectivity index (χ3v) is 3.26. The molecule has 0 saturated carbocycles. The van der Waals surface area contributed by atoms with E-state index in [1.165, 1.54) is 0 Å². The maximum atomic E-state index is 11.5. The second kappa shape index (κ2) is 3.83. The molecular weight excluding hydrogens is 196 g/mol. The first kappa shape index (κ1) is 10.5. The molecule has 0 aromatic heterocycles. The molecular formula is C11H16O4. The van der Waals surface area contributed by atoms with Gasteiger partial charge in [0.15, 0.2) is 6.10 Å². The lowest BCUT2D eigenvalue weighted by atomic mass is 9.91. The van der Waals surface area contributed by atoms with E-state index in [1.807, 2.05) is 0 Å². The second-order valence-electron chi connectivity index (χ2n) is 4.33. The molecule has 0 bridgehead atoms. The van der Waals surface area contributed by atoms with E-state index >= 15 is 0 Å². The molecule has 0 radical (unpaired) electrons. The lowest BCUT2D eigenvalue weighted by Crippen LogP contribution is -2.25. The van der Waals surface area contributed by atoms with E-state index in [0.29, 0.717) is 0 Å². The summed E-state index contributed by atoms with van der Waals surface area (Å²) in [7, 11) is 0. The molecule has 2 aliphatic rings. The van der Waals surface area contributed by atoms with Gasteiger partial charge in [-0.05, 0) is 12.8 Å². The smallest absolute Gasteiger partial charge is 0.314 e. The Kier molecular flexibility index (Phi) is 2.67. The van der Waals surface area contributed by atoms with E-state index in [9.17, 15) is 9.59 Å². The van der Waals surface area contributed by atoms with E-state index in [1.54, 1.807) is 6.92 Å². The SMILES string of the molecule is CCCC[C@@H]1OC(=O)[C@H]2[C@@H]1OC(=O)[C@H]2C. The third kappa shape index (κ3) is 1.62. The number of carbonyl (C=O) groups is 2. The van der Waals surface area contributed by atoms with Gasteiger partial charge in [-0.25, -0.2) is 0 Å². The van der Waals surface area contributed by atoms with E-state index in [4.69, 9.17) is 9.47 Å². The summed E-state index contributed by atoms with van der Waals surface area (Å²) >= 11 is 0. The lowest BCUT2D eigenvalue weighted by Gasteiger charge is -2.14. The monoisotopic (exact) mass is 212 g/mol. The molecule has 0 aromatic carbocycles. The van der Waals surface area contributed by atoms with Crippen LogP contribution in [0.25, 0.3) is 0 Å². The number of ether oxygens (including phenoxy) is 2. The maximum absolute atomic E-state index is 11.5. The number of esters is 2. The van der Waals surface area contributed by atoms with Gasteiger partial charge in [-0.1, -0.05) is 20.3 Å². The number of unbranched alkanes of at least 4 members (excludes halogenated alkanes) is 1. The topological polar surface area (TPSA) is 52.6 Å². The molecule has 2 rings (SSSR count). The first-order chi connectivity index (χ1) is 7.15. The molecule has 0 N–H and O–H groups in total. The Labute approximate surface area is 88.9 Å². The molecule has 2 heterocycles. The van der Waals surface area contributed by atoms with Crippen molar-refractivity contribution in [3.8, 4) is 0 Å². The van der Waals surface area contributed by atoms with Gasteiger partial charge in [0.1, 0.15) is 12.0 Å². The van der Waals surface area contributed by atoms with Gasteiger partial charge < -0.3 is 9.47 Å². The van der Waals surface area contributed by atoms with Crippen molar-refractivity contribution in [2.75, 3.05) is 0 Å². The quantitative estimate of drug-likeness (QED) is 0.661. The van der Waals surface area contributed by atoms with E-state index in [0.717, 1.165) is 19.3 Å². The van der Waals surface area contributed by atoms with Crippen LogP contribution >= 0.6 is 0 Å². The van der Waals surface area contributed by atoms with Crippen molar-refractivity contribution in [3.63, 3.8) is 0 Å². The average molecular weight is 212 g/mol. The van der Waals surface area contributed by atoms with Crippen LogP contribution in [0.2, 0.25) is 0 Å². The van der Waals surface area contributed by atoms with Crippen LogP contribution in [0.3, 0.4) is 0 Å². The van der Waals surface area contributed by atoms with Gasteiger partial charge >= 0.3 is 11.9 Å². The highest BCUT2D eigenvalue weighted by molar-refractivity contribution is 5.87. The Morgan fingerprint density at radius 2 is 1.93 bits per heavy atom. The van der Waals surface area contributed by atoms with Crippen LogP contribution < -0.4 is 0 Å². The van der Waals surface area contributed by atoms with Crippen LogP contribution in [-0.2, 0) is 19.1 Å².